The number of hydrogen-bond acceptors (Lipinski definition) is 4. The molecule has 0 atom stereocenters. The molecule has 0 amide bonds. The van der Waals surface area contributed by atoms with E-state index in [1.54, 1.807) is 0 Å². The van der Waals surface area contributed by atoms with Crippen LogP contribution in [0.1, 0.15) is 32.1 Å². The van der Waals surface area contributed by atoms with E-state index in [0.717, 1.165) is 31.6 Å². The van der Waals surface area contributed by atoms with E-state index in [4.69, 9.17) is 5.11 Å². The Hall–Kier alpha value is -0.160. The van der Waals surface area contributed by atoms with Gasteiger partial charge in [-0.25, -0.2) is 0 Å². The largest absolute Gasteiger partial charge is 0.396 e. The lowest BCUT2D eigenvalue weighted by Gasteiger charge is -2.40. The van der Waals surface area contributed by atoms with Crippen LogP contribution in [0.4, 0.5) is 0 Å². The minimum atomic E-state index is -0.0113. The zero-order chi connectivity index (χ0) is 12.8. The third-order valence-electron chi connectivity index (χ3n) is 4.32. The Bertz CT molecular complexity index is 224. The molecule has 106 valence electrons. The predicted molar refractivity (Wildman–Crippen MR) is 72.5 cm³/mol. The summed E-state index contributed by atoms with van der Waals surface area (Å²) in [7, 11) is 0. The van der Waals surface area contributed by atoms with Gasteiger partial charge in [0.25, 0.3) is 0 Å². The standard InChI is InChI=1S/C14H28N2O2/c17-9-3-1-2-4-15-5-7-16(8-6-15)12-13-10-14(18)11-13/h13-14,17-18H,1-12H2. The van der Waals surface area contributed by atoms with Crippen molar-refractivity contribution in [2.24, 2.45) is 5.92 Å². The lowest BCUT2D eigenvalue weighted by atomic mass is 9.82. The SMILES string of the molecule is OCCCCCN1CCN(CC2CC(O)C2)CC1. The summed E-state index contributed by atoms with van der Waals surface area (Å²) in [4.78, 5) is 5.10. The Balaban J connectivity index is 1.51. The molecule has 4 nitrogen and oxygen atoms in total. The van der Waals surface area contributed by atoms with Gasteiger partial charge in [-0.05, 0) is 44.6 Å². The number of aliphatic hydroxyl groups is 2. The van der Waals surface area contributed by atoms with Crippen molar-refractivity contribution in [1.82, 2.24) is 9.80 Å². The molecule has 0 aromatic heterocycles. The van der Waals surface area contributed by atoms with E-state index in [1.165, 1.54) is 45.7 Å². The van der Waals surface area contributed by atoms with Gasteiger partial charge in [0.15, 0.2) is 0 Å². The van der Waals surface area contributed by atoms with Crippen LogP contribution in [0, 0.1) is 5.92 Å². The molecule has 2 N–H and O–H groups in total. The second-order valence-electron chi connectivity index (χ2n) is 5.92. The van der Waals surface area contributed by atoms with Gasteiger partial charge in [-0.1, -0.05) is 0 Å². The molecule has 0 unspecified atom stereocenters. The van der Waals surface area contributed by atoms with Gasteiger partial charge in [-0.2, -0.15) is 0 Å². The number of aliphatic hydroxyl groups excluding tert-OH is 2. The van der Waals surface area contributed by atoms with Crippen LogP contribution in [0.3, 0.4) is 0 Å². The summed E-state index contributed by atoms with van der Waals surface area (Å²) in [5, 5.41) is 18.0. The van der Waals surface area contributed by atoms with E-state index in [0.29, 0.717) is 6.61 Å². The highest BCUT2D eigenvalue weighted by Crippen LogP contribution is 2.28. The van der Waals surface area contributed by atoms with E-state index >= 15 is 0 Å². The van der Waals surface area contributed by atoms with Gasteiger partial charge in [0.1, 0.15) is 0 Å². The summed E-state index contributed by atoms with van der Waals surface area (Å²) >= 11 is 0. The summed E-state index contributed by atoms with van der Waals surface area (Å²) in [6.07, 6.45) is 5.33. The molecule has 1 saturated heterocycles. The molecule has 4 heteroatoms. The van der Waals surface area contributed by atoms with Crippen molar-refractivity contribution in [3.05, 3.63) is 0 Å². The second kappa shape index (κ2) is 7.43. The number of nitrogens with zero attached hydrogens (tertiary/aromatic N) is 2. The van der Waals surface area contributed by atoms with Crippen LogP contribution in [0.15, 0.2) is 0 Å². The molecule has 2 rings (SSSR count). The maximum Gasteiger partial charge on any atom is 0.0546 e. The fraction of sp³-hybridized carbons (Fsp3) is 1.00. The average Bonchev–Trinajstić information content (AvgIpc) is 2.35. The predicted octanol–water partition coefficient (Wildman–Crippen LogP) is 0.538. The number of hydrogen-bond donors (Lipinski definition) is 2. The van der Waals surface area contributed by atoms with Crippen LogP contribution in [0.2, 0.25) is 0 Å². The first kappa shape index (κ1) is 14.3. The molecule has 0 radical (unpaired) electrons. The van der Waals surface area contributed by atoms with Crippen LogP contribution in [-0.4, -0.2) is 72.0 Å². The molecule has 18 heavy (non-hydrogen) atoms. The summed E-state index contributed by atoms with van der Waals surface area (Å²) in [6, 6.07) is 0. The first-order valence-corrected chi connectivity index (χ1v) is 7.51. The fourth-order valence-corrected chi connectivity index (χ4v) is 3.03. The molecule has 0 spiro atoms. The molecule has 1 aliphatic carbocycles. The summed E-state index contributed by atoms with van der Waals surface area (Å²) in [6.45, 7) is 7.47. The van der Waals surface area contributed by atoms with Crippen molar-refractivity contribution in [2.45, 2.75) is 38.2 Å². The fourth-order valence-electron chi connectivity index (χ4n) is 3.03. The molecule has 1 saturated carbocycles. The third kappa shape index (κ3) is 4.50. The smallest absolute Gasteiger partial charge is 0.0546 e. The molecule has 1 aliphatic heterocycles. The molecular formula is C14H28N2O2. The maximum atomic E-state index is 9.29. The molecule has 0 bridgehead atoms. The number of rotatable bonds is 7. The van der Waals surface area contributed by atoms with E-state index in [1.807, 2.05) is 0 Å². The summed E-state index contributed by atoms with van der Waals surface area (Å²) in [5.41, 5.74) is 0. The maximum absolute atomic E-state index is 9.29. The third-order valence-corrected chi connectivity index (χ3v) is 4.32. The lowest BCUT2D eigenvalue weighted by molar-refractivity contribution is 0.0148. The van der Waals surface area contributed by atoms with Crippen molar-refractivity contribution in [3.8, 4) is 0 Å². The number of unbranched alkanes of at least 4 members (excludes halogenated alkanes) is 2. The topological polar surface area (TPSA) is 46.9 Å². The average molecular weight is 256 g/mol. The van der Waals surface area contributed by atoms with E-state index in [-0.39, 0.29) is 6.10 Å². The first-order valence-electron chi connectivity index (χ1n) is 7.51. The molecule has 2 aliphatic rings. The van der Waals surface area contributed by atoms with E-state index in [2.05, 4.69) is 9.80 Å². The zero-order valence-corrected chi connectivity index (χ0v) is 11.4. The van der Waals surface area contributed by atoms with Gasteiger partial charge in [-0.3, -0.25) is 0 Å². The van der Waals surface area contributed by atoms with Gasteiger partial charge < -0.3 is 20.0 Å². The van der Waals surface area contributed by atoms with E-state index in [9.17, 15) is 5.11 Å². The number of piperazine rings is 1. The molecular weight excluding hydrogens is 228 g/mol. The van der Waals surface area contributed by atoms with Crippen LogP contribution >= 0.6 is 0 Å². The lowest BCUT2D eigenvalue weighted by Crippen LogP contribution is -2.49. The monoisotopic (exact) mass is 256 g/mol. The minimum Gasteiger partial charge on any atom is -0.396 e. The Labute approximate surface area is 111 Å². The van der Waals surface area contributed by atoms with Gasteiger partial charge >= 0.3 is 0 Å². The van der Waals surface area contributed by atoms with Gasteiger partial charge in [-0.15, -0.1) is 0 Å². The van der Waals surface area contributed by atoms with Crippen LogP contribution < -0.4 is 0 Å². The Morgan fingerprint density at radius 2 is 1.56 bits per heavy atom. The van der Waals surface area contributed by atoms with Gasteiger partial charge in [0, 0.05) is 39.3 Å². The van der Waals surface area contributed by atoms with Crippen molar-refractivity contribution in [1.29, 1.82) is 0 Å². The Morgan fingerprint density at radius 1 is 0.889 bits per heavy atom. The van der Waals surface area contributed by atoms with Crippen molar-refractivity contribution < 1.29 is 10.2 Å². The van der Waals surface area contributed by atoms with Gasteiger partial charge in [0.2, 0.25) is 0 Å². The molecule has 0 aromatic carbocycles. The van der Waals surface area contributed by atoms with Crippen molar-refractivity contribution in [2.75, 3.05) is 45.9 Å². The Kier molecular flexibility index (Phi) is 5.89. The molecule has 2 fully saturated rings. The Morgan fingerprint density at radius 3 is 2.17 bits per heavy atom. The van der Waals surface area contributed by atoms with Gasteiger partial charge in [0.05, 0.1) is 6.10 Å². The molecule has 1 heterocycles. The second-order valence-corrected chi connectivity index (χ2v) is 5.92. The molecule has 0 aromatic rings. The first-order chi connectivity index (χ1) is 8.78. The summed E-state index contributed by atoms with van der Waals surface area (Å²) < 4.78 is 0. The van der Waals surface area contributed by atoms with Crippen LogP contribution in [0.25, 0.3) is 0 Å². The minimum absolute atomic E-state index is 0.0113. The quantitative estimate of drug-likeness (QED) is 0.653. The van der Waals surface area contributed by atoms with E-state index < -0.39 is 0 Å². The van der Waals surface area contributed by atoms with Crippen LogP contribution in [-0.2, 0) is 0 Å². The van der Waals surface area contributed by atoms with Crippen molar-refractivity contribution >= 4 is 0 Å². The highest BCUT2D eigenvalue weighted by Gasteiger charge is 2.29. The zero-order valence-electron chi connectivity index (χ0n) is 11.4. The van der Waals surface area contributed by atoms with Crippen molar-refractivity contribution in [3.63, 3.8) is 0 Å². The normalized spacial score (nSPS) is 30.3. The highest BCUT2D eigenvalue weighted by atomic mass is 16.3. The summed E-state index contributed by atoms with van der Waals surface area (Å²) in [5.74, 6) is 0.746. The highest BCUT2D eigenvalue weighted by molar-refractivity contribution is 4.83. The van der Waals surface area contributed by atoms with Crippen LogP contribution in [0.5, 0.6) is 0 Å².